The number of hydrogen-bond acceptors (Lipinski definition) is 4. The first-order valence-corrected chi connectivity index (χ1v) is 7.37. The lowest BCUT2D eigenvalue weighted by atomic mass is 10.1. The highest BCUT2D eigenvalue weighted by Gasteiger charge is 2.11. The van der Waals surface area contributed by atoms with Crippen molar-refractivity contribution in [3.8, 4) is 0 Å². The fraction of sp³-hybridized carbons (Fsp3) is 0.500. The van der Waals surface area contributed by atoms with Gasteiger partial charge in [0.2, 0.25) is 10.0 Å². The Hall–Kier alpha value is -0.950. The fourth-order valence-electron chi connectivity index (χ4n) is 1.57. The number of nitrogens with one attached hydrogen (secondary N) is 2. The normalized spacial score (nSPS) is 13.5. The predicted molar refractivity (Wildman–Crippen MR) is 70.8 cm³/mol. The lowest BCUT2D eigenvalue weighted by Crippen LogP contribution is -2.21. The minimum atomic E-state index is -3.37. The Bertz CT molecular complexity index is 457. The maximum Gasteiger partial charge on any atom is 0.240 e. The Balaban J connectivity index is 2.71. The number of hydrogen-bond donors (Lipinski definition) is 3. The largest absolute Gasteiger partial charge is 0.396 e. The van der Waals surface area contributed by atoms with Gasteiger partial charge in [0.15, 0.2) is 0 Å². The van der Waals surface area contributed by atoms with E-state index < -0.39 is 10.0 Å². The quantitative estimate of drug-likeness (QED) is 0.636. The van der Waals surface area contributed by atoms with E-state index in [9.17, 15) is 8.42 Å². The second kappa shape index (κ2) is 6.84. The Morgan fingerprint density at radius 3 is 2.39 bits per heavy atom. The average molecular weight is 272 g/mol. The summed E-state index contributed by atoms with van der Waals surface area (Å²) >= 11 is 0. The van der Waals surface area contributed by atoms with Gasteiger partial charge < -0.3 is 10.4 Å². The van der Waals surface area contributed by atoms with Gasteiger partial charge >= 0.3 is 0 Å². The van der Waals surface area contributed by atoms with Crippen LogP contribution in [0.5, 0.6) is 0 Å². The second-order valence-electron chi connectivity index (χ2n) is 4.03. The molecule has 102 valence electrons. The SMILES string of the molecule is CNS(=O)(=O)c1ccc(C(C)NCCCO)cc1. The maximum absolute atomic E-state index is 11.5. The van der Waals surface area contributed by atoms with Crippen LogP contribution in [0.3, 0.4) is 0 Å². The van der Waals surface area contributed by atoms with Crippen LogP contribution in [-0.2, 0) is 10.0 Å². The molecule has 18 heavy (non-hydrogen) atoms. The third-order valence-electron chi connectivity index (χ3n) is 2.74. The molecule has 3 N–H and O–H groups in total. The number of aliphatic hydroxyl groups excluding tert-OH is 1. The van der Waals surface area contributed by atoms with Gasteiger partial charge in [0.05, 0.1) is 4.90 Å². The van der Waals surface area contributed by atoms with Gasteiger partial charge in [0, 0.05) is 12.6 Å². The number of rotatable bonds is 7. The molecule has 0 aliphatic heterocycles. The first-order valence-electron chi connectivity index (χ1n) is 5.89. The molecule has 0 radical (unpaired) electrons. The molecule has 1 aromatic rings. The second-order valence-corrected chi connectivity index (χ2v) is 5.92. The molecule has 0 saturated carbocycles. The highest BCUT2D eigenvalue weighted by atomic mass is 32.2. The Morgan fingerprint density at radius 2 is 1.89 bits per heavy atom. The van der Waals surface area contributed by atoms with Crippen LogP contribution in [0.15, 0.2) is 29.2 Å². The number of sulfonamides is 1. The minimum absolute atomic E-state index is 0.128. The lowest BCUT2D eigenvalue weighted by molar-refractivity contribution is 0.284. The van der Waals surface area contributed by atoms with Gasteiger partial charge in [0.25, 0.3) is 0 Å². The molecule has 0 spiro atoms. The summed E-state index contributed by atoms with van der Waals surface area (Å²) in [6.07, 6.45) is 0.705. The smallest absolute Gasteiger partial charge is 0.240 e. The summed E-state index contributed by atoms with van der Waals surface area (Å²) in [5.74, 6) is 0. The number of aliphatic hydroxyl groups is 1. The van der Waals surface area contributed by atoms with Crippen LogP contribution in [-0.4, -0.2) is 33.7 Å². The summed E-state index contributed by atoms with van der Waals surface area (Å²) < 4.78 is 25.4. The zero-order valence-corrected chi connectivity index (χ0v) is 11.5. The summed E-state index contributed by atoms with van der Waals surface area (Å²) in [5.41, 5.74) is 1.02. The molecule has 0 aromatic heterocycles. The molecule has 0 saturated heterocycles. The van der Waals surface area contributed by atoms with Crippen LogP contribution < -0.4 is 10.0 Å². The maximum atomic E-state index is 11.5. The van der Waals surface area contributed by atoms with E-state index in [2.05, 4.69) is 10.0 Å². The Morgan fingerprint density at radius 1 is 1.28 bits per heavy atom. The van der Waals surface area contributed by atoms with Gasteiger partial charge in [-0.1, -0.05) is 12.1 Å². The third-order valence-corrected chi connectivity index (χ3v) is 4.17. The van der Waals surface area contributed by atoms with Gasteiger partial charge in [-0.3, -0.25) is 0 Å². The van der Waals surface area contributed by atoms with E-state index in [4.69, 9.17) is 5.11 Å². The summed E-state index contributed by atoms with van der Waals surface area (Å²) in [6, 6.07) is 6.89. The van der Waals surface area contributed by atoms with Crippen molar-refractivity contribution < 1.29 is 13.5 Å². The van der Waals surface area contributed by atoms with Crippen LogP contribution in [0.2, 0.25) is 0 Å². The molecule has 1 unspecified atom stereocenters. The van der Waals surface area contributed by atoms with E-state index in [0.29, 0.717) is 6.42 Å². The topological polar surface area (TPSA) is 78.4 Å². The molecule has 6 heteroatoms. The number of benzene rings is 1. The van der Waals surface area contributed by atoms with E-state index in [0.717, 1.165) is 12.1 Å². The standard InChI is InChI=1S/C12H20N2O3S/c1-10(14-8-3-9-15)11-4-6-12(7-5-11)18(16,17)13-2/h4-7,10,13-15H,3,8-9H2,1-2H3. The molecule has 1 aromatic carbocycles. The lowest BCUT2D eigenvalue weighted by Gasteiger charge is -2.14. The van der Waals surface area contributed by atoms with Crippen LogP contribution in [0.1, 0.15) is 24.9 Å². The zero-order valence-electron chi connectivity index (χ0n) is 10.7. The summed E-state index contributed by atoms with van der Waals surface area (Å²) in [6.45, 7) is 2.90. The van der Waals surface area contributed by atoms with Crippen molar-refractivity contribution in [1.82, 2.24) is 10.0 Å². The summed E-state index contributed by atoms with van der Waals surface area (Å²) in [5, 5.41) is 11.9. The van der Waals surface area contributed by atoms with Gasteiger partial charge in [-0.2, -0.15) is 0 Å². The third kappa shape index (κ3) is 4.06. The molecule has 0 amide bonds. The summed E-state index contributed by atoms with van der Waals surface area (Å²) in [4.78, 5) is 0.260. The average Bonchev–Trinajstić information content (AvgIpc) is 2.39. The molecule has 0 heterocycles. The predicted octanol–water partition coefficient (Wildman–Crippen LogP) is 0.628. The van der Waals surface area contributed by atoms with Crippen molar-refractivity contribution in [2.75, 3.05) is 20.2 Å². The van der Waals surface area contributed by atoms with Gasteiger partial charge in [-0.05, 0) is 44.6 Å². The molecule has 0 fully saturated rings. The van der Waals surface area contributed by atoms with Gasteiger partial charge in [-0.15, -0.1) is 0 Å². The first kappa shape index (κ1) is 15.1. The minimum Gasteiger partial charge on any atom is -0.396 e. The van der Waals surface area contributed by atoms with Crippen molar-refractivity contribution in [3.63, 3.8) is 0 Å². The van der Waals surface area contributed by atoms with Crippen LogP contribution in [0.25, 0.3) is 0 Å². The molecule has 0 bridgehead atoms. The first-order chi connectivity index (χ1) is 8.51. The van der Waals surface area contributed by atoms with Crippen molar-refractivity contribution in [2.24, 2.45) is 0 Å². The Labute approximate surface area is 108 Å². The molecule has 1 atom stereocenters. The zero-order chi connectivity index (χ0) is 13.6. The highest BCUT2D eigenvalue weighted by molar-refractivity contribution is 7.89. The van der Waals surface area contributed by atoms with Crippen molar-refractivity contribution >= 4 is 10.0 Å². The monoisotopic (exact) mass is 272 g/mol. The highest BCUT2D eigenvalue weighted by Crippen LogP contribution is 2.15. The van der Waals surface area contributed by atoms with Gasteiger partial charge in [-0.25, -0.2) is 13.1 Å². The van der Waals surface area contributed by atoms with E-state index in [1.807, 2.05) is 6.92 Å². The fourth-order valence-corrected chi connectivity index (χ4v) is 2.30. The Kier molecular flexibility index (Phi) is 5.74. The molecule has 5 nitrogen and oxygen atoms in total. The van der Waals surface area contributed by atoms with Crippen molar-refractivity contribution in [3.05, 3.63) is 29.8 Å². The van der Waals surface area contributed by atoms with Crippen molar-refractivity contribution in [1.29, 1.82) is 0 Å². The molecular formula is C12H20N2O3S. The van der Waals surface area contributed by atoms with E-state index in [1.165, 1.54) is 7.05 Å². The van der Waals surface area contributed by atoms with E-state index >= 15 is 0 Å². The molecule has 0 aliphatic carbocycles. The molecular weight excluding hydrogens is 252 g/mol. The molecule has 1 rings (SSSR count). The van der Waals surface area contributed by atoms with Crippen molar-refractivity contribution in [2.45, 2.75) is 24.3 Å². The van der Waals surface area contributed by atoms with E-state index in [1.54, 1.807) is 24.3 Å². The molecule has 0 aliphatic rings. The van der Waals surface area contributed by atoms with Crippen LogP contribution >= 0.6 is 0 Å². The van der Waals surface area contributed by atoms with E-state index in [-0.39, 0.29) is 17.5 Å². The van der Waals surface area contributed by atoms with Gasteiger partial charge in [0.1, 0.15) is 0 Å². The van der Waals surface area contributed by atoms with Crippen LogP contribution in [0, 0.1) is 0 Å². The van der Waals surface area contributed by atoms with Crippen LogP contribution in [0.4, 0.5) is 0 Å². The summed E-state index contributed by atoms with van der Waals surface area (Å²) in [7, 11) is -1.97.